The van der Waals surface area contributed by atoms with E-state index in [1.54, 1.807) is 12.1 Å². The van der Waals surface area contributed by atoms with Crippen LogP contribution in [0.1, 0.15) is 19.3 Å². The summed E-state index contributed by atoms with van der Waals surface area (Å²) in [5, 5.41) is 5.65. The van der Waals surface area contributed by atoms with E-state index in [-0.39, 0.29) is 6.03 Å². The van der Waals surface area contributed by atoms with Crippen molar-refractivity contribution in [2.45, 2.75) is 25.3 Å². The molecule has 1 saturated carbocycles. The van der Waals surface area contributed by atoms with Gasteiger partial charge in [-0.25, -0.2) is 4.79 Å². The van der Waals surface area contributed by atoms with Crippen molar-refractivity contribution in [2.24, 2.45) is 0 Å². The first kappa shape index (κ1) is 11.3. The second kappa shape index (κ2) is 4.74. The number of rotatable bonds is 2. The van der Waals surface area contributed by atoms with Gasteiger partial charge in [0.2, 0.25) is 0 Å². The molecule has 86 valence electrons. The van der Waals surface area contributed by atoms with Crippen LogP contribution in [0.25, 0.3) is 0 Å². The number of halogens is 1. The van der Waals surface area contributed by atoms with Gasteiger partial charge in [-0.3, -0.25) is 0 Å². The van der Waals surface area contributed by atoms with Crippen LogP contribution in [0.4, 0.5) is 16.2 Å². The van der Waals surface area contributed by atoms with Gasteiger partial charge in [-0.15, -0.1) is 0 Å². The van der Waals surface area contributed by atoms with E-state index in [4.69, 9.17) is 5.73 Å². The van der Waals surface area contributed by atoms with Gasteiger partial charge in [0, 0.05) is 21.9 Å². The fourth-order valence-electron chi connectivity index (χ4n) is 1.53. The predicted octanol–water partition coefficient (Wildman–Crippen LogP) is 2.71. The summed E-state index contributed by atoms with van der Waals surface area (Å²) in [6.07, 6.45) is 3.36. The maximum atomic E-state index is 11.5. The highest BCUT2D eigenvalue weighted by Crippen LogP contribution is 2.23. The van der Waals surface area contributed by atoms with E-state index in [1.165, 1.54) is 6.42 Å². The number of hydrogen-bond donors (Lipinski definition) is 3. The van der Waals surface area contributed by atoms with E-state index < -0.39 is 0 Å². The minimum absolute atomic E-state index is 0.161. The summed E-state index contributed by atoms with van der Waals surface area (Å²) in [5.74, 6) is 0. The van der Waals surface area contributed by atoms with Crippen molar-refractivity contribution < 1.29 is 4.79 Å². The fourth-order valence-corrected chi connectivity index (χ4v) is 1.77. The van der Waals surface area contributed by atoms with Gasteiger partial charge in [0.1, 0.15) is 0 Å². The molecule has 0 radical (unpaired) electrons. The van der Waals surface area contributed by atoms with E-state index in [9.17, 15) is 4.79 Å². The highest BCUT2D eigenvalue weighted by Gasteiger charge is 2.19. The monoisotopic (exact) mass is 283 g/mol. The first-order chi connectivity index (χ1) is 7.65. The Kier molecular flexibility index (Phi) is 3.33. The number of carbonyl (C=O) groups excluding carboxylic acids is 1. The number of urea groups is 1. The summed E-state index contributed by atoms with van der Waals surface area (Å²) in [4.78, 5) is 11.5. The third-order valence-corrected chi connectivity index (χ3v) is 3.42. The molecule has 1 aliphatic carbocycles. The molecule has 0 aliphatic heterocycles. The minimum Gasteiger partial charge on any atom is -0.398 e. The van der Waals surface area contributed by atoms with E-state index in [1.807, 2.05) is 6.07 Å². The van der Waals surface area contributed by atoms with Gasteiger partial charge in [-0.05, 0) is 53.4 Å². The number of nitrogens with two attached hydrogens (primary N) is 1. The molecule has 0 aromatic heterocycles. The quantitative estimate of drug-likeness (QED) is 0.731. The summed E-state index contributed by atoms with van der Waals surface area (Å²) in [6.45, 7) is 0. The molecule has 16 heavy (non-hydrogen) atoms. The zero-order chi connectivity index (χ0) is 11.5. The van der Waals surface area contributed by atoms with Gasteiger partial charge in [-0.2, -0.15) is 0 Å². The molecule has 1 aromatic rings. The number of nitrogens with one attached hydrogen (secondary N) is 2. The number of hydrogen-bond acceptors (Lipinski definition) is 2. The Morgan fingerprint density at radius 2 is 2.19 bits per heavy atom. The summed E-state index contributed by atoms with van der Waals surface area (Å²) in [5.41, 5.74) is 7.03. The Labute approximate surface area is 103 Å². The van der Waals surface area contributed by atoms with Gasteiger partial charge in [0.25, 0.3) is 0 Å². The van der Waals surface area contributed by atoms with Crippen LogP contribution >= 0.6 is 15.9 Å². The van der Waals surface area contributed by atoms with Crippen molar-refractivity contribution >= 4 is 33.3 Å². The second-order valence-electron chi connectivity index (χ2n) is 3.96. The normalized spacial score (nSPS) is 15.3. The van der Waals surface area contributed by atoms with Gasteiger partial charge < -0.3 is 16.4 Å². The average molecular weight is 284 g/mol. The van der Waals surface area contributed by atoms with Gasteiger partial charge in [0.05, 0.1) is 0 Å². The fraction of sp³-hybridized carbons (Fsp3) is 0.364. The summed E-state index contributed by atoms with van der Waals surface area (Å²) in [7, 11) is 0. The molecule has 0 atom stereocenters. The molecular weight excluding hydrogens is 270 g/mol. The third kappa shape index (κ3) is 2.66. The van der Waals surface area contributed by atoms with Gasteiger partial charge in [-0.1, -0.05) is 0 Å². The molecule has 4 N–H and O–H groups in total. The van der Waals surface area contributed by atoms with Crippen molar-refractivity contribution in [1.82, 2.24) is 5.32 Å². The lowest BCUT2D eigenvalue weighted by Gasteiger charge is -2.26. The number of nitrogen functional groups attached to an aromatic ring is 1. The van der Waals surface area contributed by atoms with E-state index in [0.29, 0.717) is 17.4 Å². The van der Waals surface area contributed by atoms with Crippen LogP contribution in [0.15, 0.2) is 22.7 Å². The topological polar surface area (TPSA) is 67.1 Å². The van der Waals surface area contributed by atoms with Crippen molar-refractivity contribution in [2.75, 3.05) is 11.1 Å². The Morgan fingerprint density at radius 1 is 1.44 bits per heavy atom. The lowest BCUT2D eigenvalue weighted by molar-refractivity contribution is 0.240. The second-order valence-corrected chi connectivity index (χ2v) is 4.82. The highest BCUT2D eigenvalue weighted by molar-refractivity contribution is 9.10. The van der Waals surface area contributed by atoms with Crippen LogP contribution in [-0.2, 0) is 0 Å². The SMILES string of the molecule is Nc1cc(NC(=O)NC2CCC2)ccc1Br. The molecule has 0 bridgehead atoms. The zero-order valence-corrected chi connectivity index (χ0v) is 10.4. The molecular formula is C11H14BrN3O. The Bertz CT molecular complexity index is 404. The van der Waals surface area contributed by atoms with Crippen molar-refractivity contribution in [1.29, 1.82) is 0 Å². The molecule has 1 fully saturated rings. The van der Waals surface area contributed by atoms with Crippen molar-refractivity contribution in [3.05, 3.63) is 22.7 Å². The zero-order valence-electron chi connectivity index (χ0n) is 8.79. The summed E-state index contributed by atoms with van der Waals surface area (Å²) in [6, 6.07) is 5.53. The number of anilines is 2. The Morgan fingerprint density at radius 3 is 2.75 bits per heavy atom. The molecule has 0 saturated heterocycles. The van der Waals surface area contributed by atoms with Crippen LogP contribution in [0.5, 0.6) is 0 Å². The molecule has 4 nitrogen and oxygen atoms in total. The van der Waals surface area contributed by atoms with E-state index >= 15 is 0 Å². The largest absolute Gasteiger partial charge is 0.398 e. The van der Waals surface area contributed by atoms with Crippen LogP contribution < -0.4 is 16.4 Å². The van der Waals surface area contributed by atoms with Gasteiger partial charge >= 0.3 is 6.03 Å². The maximum Gasteiger partial charge on any atom is 0.319 e. The highest BCUT2D eigenvalue weighted by atomic mass is 79.9. The van der Waals surface area contributed by atoms with Crippen LogP contribution in [0, 0.1) is 0 Å². The lowest BCUT2D eigenvalue weighted by atomic mass is 9.93. The molecule has 5 heteroatoms. The maximum absolute atomic E-state index is 11.5. The smallest absolute Gasteiger partial charge is 0.319 e. The molecule has 0 spiro atoms. The minimum atomic E-state index is -0.161. The Balaban J connectivity index is 1.92. The number of benzene rings is 1. The molecule has 2 rings (SSSR count). The lowest BCUT2D eigenvalue weighted by Crippen LogP contribution is -2.41. The van der Waals surface area contributed by atoms with Crippen LogP contribution in [0.2, 0.25) is 0 Å². The van der Waals surface area contributed by atoms with E-state index in [0.717, 1.165) is 17.3 Å². The van der Waals surface area contributed by atoms with Crippen molar-refractivity contribution in [3.8, 4) is 0 Å². The molecule has 0 unspecified atom stereocenters. The molecule has 1 aliphatic rings. The summed E-state index contributed by atoms with van der Waals surface area (Å²) < 4.78 is 0.831. The molecule has 1 aromatic carbocycles. The average Bonchev–Trinajstić information content (AvgIpc) is 2.18. The first-order valence-corrected chi connectivity index (χ1v) is 6.07. The molecule has 2 amide bonds. The first-order valence-electron chi connectivity index (χ1n) is 5.27. The molecule has 0 heterocycles. The van der Waals surface area contributed by atoms with Crippen LogP contribution in [-0.4, -0.2) is 12.1 Å². The predicted molar refractivity (Wildman–Crippen MR) is 68.3 cm³/mol. The number of amides is 2. The Hall–Kier alpha value is -1.23. The third-order valence-electron chi connectivity index (χ3n) is 2.69. The number of carbonyl (C=O) groups is 1. The van der Waals surface area contributed by atoms with E-state index in [2.05, 4.69) is 26.6 Å². The van der Waals surface area contributed by atoms with Crippen molar-refractivity contribution in [3.63, 3.8) is 0 Å². The van der Waals surface area contributed by atoms with Crippen LogP contribution in [0.3, 0.4) is 0 Å². The standard InChI is InChI=1S/C11H14BrN3O/c12-9-5-4-8(6-10(9)13)15-11(16)14-7-2-1-3-7/h4-7H,1-3,13H2,(H2,14,15,16). The van der Waals surface area contributed by atoms with Gasteiger partial charge in [0.15, 0.2) is 0 Å². The summed E-state index contributed by atoms with van der Waals surface area (Å²) >= 11 is 3.30.